The Morgan fingerprint density at radius 1 is 1.09 bits per heavy atom. The van der Waals surface area contributed by atoms with Crippen LogP contribution in [-0.2, 0) is 9.59 Å². The Kier molecular flexibility index (Phi) is 6.93. The van der Waals surface area contributed by atoms with Gasteiger partial charge in [0.2, 0.25) is 0 Å². The first kappa shape index (κ1) is 23.8. The number of hydrogen-bond donors (Lipinski definition) is 0. The van der Waals surface area contributed by atoms with Crippen molar-refractivity contribution in [2.45, 2.75) is 52.1 Å². The first-order chi connectivity index (χ1) is 16.3. The molecule has 3 aromatic rings. The highest BCUT2D eigenvalue weighted by Gasteiger charge is 2.27. The van der Waals surface area contributed by atoms with Gasteiger partial charge in [0.15, 0.2) is 22.5 Å². The van der Waals surface area contributed by atoms with E-state index in [9.17, 15) is 9.59 Å². The number of nitrogens with zero attached hydrogens (tertiary/aromatic N) is 4. The number of pyridine rings is 1. The summed E-state index contributed by atoms with van der Waals surface area (Å²) in [6.45, 7) is 9.65. The number of Topliss-reactive ketones (excluding diaryl/α,β-unsaturated/α-hetero) is 2. The summed E-state index contributed by atoms with van der Waals surface area (Å²) in [5, 5.41) is 9.58. The van der Waals surface area contributed by atoms with Gasteiger partial charge >= 0.3 is 0 Å². The molecule has 0 amide bonds. The van der Waals surface area contributed by atoms with E-state index in [1.165, 1.54) is 17.3 Å². The number of rotatable bonds is 8. The molecule has 2 aromatic heterocycles. The Morgan fingerprint density at radius 2 is 1.85 bits per heavy atom. The molecular formula is C27H28N4O2S. The van der Waals surface area contributed by atoms with Crippen molar-refractivity contribution in [2.24, 2.45) is 0 Å². The van der Waals surface area contributed by atoms with Gasteiger partial charge in [-0.3, -0.25) is 19.1 Å². The minimum atomic E-state index is 0.0107. The minimum Gasteiger partial charge on any atom is -0.295 e. The van der Waals surface area contributed by atoms with Crippen LogP contribution in [0.3, 0.4) is 0 Å². The predicted molar refractivity (Wildman–Crippen MR) is 135 cm³/mol. The highest BCUT2D eigenvalue weighted by atomic mass is 32.2. The smallest absolute Gasteiger partial charge is 0.196 e. The lowest BCUT2D eigenvalue weighted by Crippen LogP contribution is -2.09. The highest BCUT2D eigenvalue weighted by molar-refractivity contribution is 7.99. The lowest BCUT2D eigenvalue weighted by molar-refractivity contribution is -0.113. The Morgan fingerprint density at radius 3 is 2.50 bits per heavy atom. The van der Waals surface area contributed by atoms with Crippen molar-refractivity contribution in [3.8, 4) is 17.1 Å². The maximum atomic E-state index is 13.2. The average molecular weight is 473 g/mol. The van der Waals surface area contributed by atoms with Gasteiger partial charge in [-0.1, -0.05) is 49.4 Å². The Hall–Kier alpha value is -3.32. The lowest BCUT2D eigenvalue weighted by atomic mass is 10.0. The quantitative estimate of drug-likeness (QED) is 0.389. The van der Waals surface area contributed by atoms with E-state index in [1.807, 2.05) is 42.7 Å². The van der Waals surface area contributed by atoms with Gasteiger partial charge in [-0.05, 0) is 62.4 Å². The second kappa shape index (κ2) is 9.89. The van der Waals surface area contributed by atoms with Crippen LogP contribution in [0.2, 0.25) is 0 Å². The summed E-state index contributed by atoms with van der Waals surface area (Å²) in [6.07, 6.45) is 4.02. The molecular weight excluding hydrogens is 444 g/mol. The Bertz CT molecular complexity index is 1320. The molecule has 7 heteroatoms. The first-order valence-electron chi connectivity index (χ1n) is 11.3. The maximum Gasteiger partial charge on any atom is 0.196 e. The van der Waals surface area contributed by atoms with E-state index in [-0.39, 0.29) is 17.3 Å². The fourth-order valence-corrected chi connectivity index (χ4v) is 5.34. The largest absolute Gasteiger partial charge is 0.295 e. The molecule has 0 saturated carbocycles. The molecule has 0 aliphatic heterocycles. The normalized spacial score (nSPS) is 13.8. The van der Waals surface area contributed by atoms with Gasteiger partial charge in [0, 0.05) is 29.1 Å². The van der Waals surface area contributed by atoms with Gasteiger partial charge in [0.25, 0.3) is 0 Å². The minimum absolute atomic E-state index is 0.0107. The van der Waals surface area contributed by atoms with Crippen LogP contribution >= 0.6 is 11.8 Å². The molecule has 1 aliphatic carbocycles. The maximum absolute atomic E-state index is 13.2. The molecule has 0 fully saturated rings. The number of hydrogen-bond acceptors (Lipinski definition) is 6. The zero-order valence-electron chi connectivity index (χ0n) is 20.1. The van der Waals surface area contributed by atoms with E-state index in [0.717, 1.165) is 28.0 Å². The van der Waals surface area contributed by atoms with Gasteiger partial charge in [-0.2, -0.15) is 0 Å². The van der Waals surface area contributed by atoms with E-state index < -0.39 is 0 Å². The Balaban J connectivity index is 1.70. The molecule has 34 heavy (non-hydrogen) atoms. The van der Waals surface area contributed by atoms with E-state index in [1.54, 1.807) is 19.3 Å². The second-order valence-corrected chi connectivity index (χ2v) is 9.74. The molecule has 0 atom stereocenters. The molecule has 0 radical (unpaired) electrons. The molecule has 1 aromatic carbocycles. The third-order valence-electron chi connectivity index (χ3n) is 6.07. The second-order valence-electron chi connectivity index (χ2n) is 8.80. The zero-order valence-corrected chi connectivity index (χ0v) is 20.9. The third kappa shape index (κ3) is 4.53. The van der Waals surface area contributed by atoms with Gasteiger partial charge in [-0.25, -0.2) is 0 Å². The summed E-state index contributed by atoms with van der Waals surface area (Å²) in [7, 11) is 0. The van der Waals surface area contributed by atoms with Crippen LogP contribution in [0.15, 0.2) is 76.2 Å². The average Bonchev–Trinajstić information content (AvgIpc) is 3.38. The van der Waals surface area contributed by atoms with Crippen LogP contribution in [0.5, 0.6) is 0 Å². The molecule has 0 N–H and O–H groups in total. The standard InChI is InChI=1S/C27H28N4O2S/c1-16(2)21-10-6-7-11-23(21)31-26(20-9-8-12-28-14-20)29-30-27(31)34-15-24(33)22-13-17(3)25(18(22)4)19(5)32/h6-12,14,16H,13,15H2,1-5H3. The zero-order chi connectivity index (χ0) is 24.4. The van der Waals surface area contributed by atoms with Crippen molar-refractivity contribution in [1.82, 2.24) is 19.7 Å². The molecule has 6 nitrogen and oxygen atoms in total. The molecule has 174 valence electrons. The van der Waals surface area contributed by atoms with Crippen LogP contribution in [0.1, 0.15) is 52.5 Å². The summed E-state index contributed by atoms with van der Waals surface area (Å²) in [6, 6.07) is 12.0. The van der Waals surface area contributed by atoms with Gasteiger partial charge in [0.05, 0.1) is 11.4 Å². The van der Waals surface area contributed by atoms with Gasteiger partial charge < -0.3 is 0 Å². The van der Waals surface area contributed by atoms with Gasteiger partial charge in [-0.15, -0.1) is 10.2 Å². The highest BCUT2D eigenvalue weighted by Crippen LogP contribution is 2.35. The van der Waals surface area contributed by atoms with Crippen molar-refractivity contribution < 1.29 is 9.59 Å². The lowest BCUT2D eigenvalue weighted by Gasteiger charge is -2.17. The van der Waals surface area contributed by atoms with Crippen LogP contribution in [0.25, 0.3) is 17.1 Å². The van der Waals surface area contributed by atoms with Crippen LogP contribution in [-0.4, -0.2) is 37.1 Å². The topological polar surface area (TPSA) is 77.7 Å². The monoisotopic (exact) mass is 472 g/mol. The summed E-state index contributed by atoms with van der Waals surface area (Å²) in [5.74, 6) is 1.23. The number of carbonyl (C=O) groups excluding carboxylic acids is 2. The van der Waals surface area contributed by atoms with Crippen LogP contribution < -0.4 is 0 Å². The van der Waals surface area contributed by atoms with Crippen molar-refractivity contribution in [1.29, 1.82) is 0 Å². The first-order valence-corrected chi connectivity index (χ1v) is 12.3. The molecule has 4 rings (SSSR count). The Labute approximate surface area is 204 Å². The fraction of sp³-hybridized carbons (Fsp3) is 0.296. The van der Waals surface area contributed by atoms with Crippen molar-refractivity contribution >= 4 is 23.3 Å². The summed E-state index contributed by atoms with van der Waals surface area (Å²) in [4.78, 5) is 29.4. The fourth-order valence-electron chi connectivity index (χ4n) is 4.49. The molecule has 0 saturated heterocycles. The number of benzene rings is 1. The molecule has 0 unspecified atom stereocenters. The number of para-hydroxylation sites is 1. The van der Waals surface area contributed by atoms with E-state index in [4.69, 9.17) is 0 Å². The van der Waals surface area contributed by atoms with E-state index in [0.29, 0.717) is 28.9 Å². The molecule has 0 spiro atoms. The van der Waals surface area contributed by atoms with Crippen molar-refractivity contribution in [3.05, 3.63) is 76.6 Å². The van der Waals surface area contributed by atoms with Crippen LogP contribution in [0.4, 0.5) is 0 Å². The molecule has 0 bridgehead atoms. The number of allylic oxidation sites excluding steroid dienone is 4. The van der Waals surface area contributed by atoms with E-state index in [2.05, 4.69) is 41.2 Å². The number of aromatic nitrogens is 4. The van der Waals surface area contributed by atoms with Gasteiger partial charge in [0.1, 0.15) is 0 Å². The summed E-state index contributed by atoms with van der Waals surface area (Å²) < 4.78 is 2.02. The van der Waals surface area contributed by atoms with Crippen molar-refractivity contribution in [3.63, 3.8) is 0 Å². The third-order valence-corrected chi connectivity index (χ3v) is 7.00. The van der Waals surface area contributed by atoms with Crippen LogP contribution in [0, 0.1) is 0 Å². The SMILES string of the molecule is CC(=O)C1=C(C)CC(C(=O)CSc2nnc(-c3cccnc3)n2-c2ccccc2C(C)C)=C1C. The summed E-state index contributed by atoms with van der Waals surface area (Å²) in [5.41, 5.74) is 6.19. The van der Waals surface area contributed by atoms with E-state index >= 15 is 0 Å². The van der Waals surface area contributed by atoms with Crippen molar-refractivity contribution in [2.75, 3.05) is 5.75 Å². The molecule has 2 heterocycles. The number of carbonyl (C=O) groups is 2. The number of thioether (sulfide) groups is 1. The predicted octanol–water partition coefficient (Wildman–Crippen LogP) is 5.74. The summed E-state index contributed by atoms with van der Waals surface area (Å²) >= 11 is 1.37. The number of ketones is 2. The molecule has 1 aliphatic rings.